The van der Waals surface area contributed by atoms with Crippen LogP contribution in [0.4, 0.5) is 5.69 Å². The lowest BCUT2D eigenvalue weighted by atomic mass is 10.3. The second-order valence-electron chi connectivity index (χ2n) is 3.71. The smallest absolute Gasteiger partial charge is 0.267 e. The highest BCUT2D eigenvalue weighted by Gasteiger charge is 2.07. The van der Waals surface area contributed by atoms with Crippen molar-refractivity contribution in [2.75, 3.05) is 12.3 Å². The lowest BCUT2D eigenvalue weighted by Gasteiger charge is -2.03. The number of nitrogen functional groups attached to an aromatic ring is 1. The fourth-order valence-corrected chi connectivity index (χ4v) is 1.46. The minimum Gasteiger partial charge on any atom is -0.397 e. The molecule has 90 valence electrons. The first-order valence-corrected chi connectivity index (χ1v) is 5.22. The number of aromatic nitrogens is 4. The van der Waals surface area contributed by atoms with Crippen molar-refractivity contribution in [3.8, 4) is 0 Å². The molecule has 0 atom stereocenters. The standard InChI is InChI=1S/C10H14N6O/c1-16-6-14-15-9(16)2-3-12-10(17)8-4-7(11)5-13-8/h4-6,13H,2-3,11H2,1H3,(H,12,17). The van der Waals surface area contributed by atoms with Gasteiger partial charge in [0.25, 0.3) is 5.91 Å². The summed E-state index contributed by atoms with van der Waals surface area (Å²) in [6, 6.07) is 1.59. The number of carbonyl (C=O) groups excluding carboxylic acids is 1. The van der Waals surface area contributed by atoms with Crippen LogP contribution in [0.3, 0.4) is 0 Å². The van der Waals surface area contributed by atoms with E-state index in [0.717, 1.165) is 5.82 Å². The molecule has 2 rings (SSSR count). The third-order valence-electron chi connectivity index (χ3n) is 2.39. The van der Waals surface area contributed by atoms with Gasteiger partial charge in [0.05, 0.1) is 0 Å². The highest BCUT2D eigenvalue weighted by atomic mass is 16.1. The van der Waals surface area contributed by atoms with Gasteiger partial charge in [0.1, 0.15) is 17.8 Å². The number of hydrogen-bond acceptors (Lipinski definition) is 4. The normalized spacial score (nSPS) is 10.4. The van der Waals surface area contributed by atoms with E-state index in [2.05, 4.69) is 20.5 Å². The molecule has 0 aliphatic carbocycles. The van der Waals surface area contributed by atoms with Gasteiger partial charge in [-0.2, -0.15) is 0 Å². The minimum atomic E-state index is -0.177. The maximum Gasteiger partial charge on any atom is 0.267 e. The SMILES string of the molecule is Cn1cnnc1CCNC(=O)c1cc(N)c[nH]1. The summed E-state index contributed by atoms with van der Waals surface area (Å²) in [6.07, 6.45) is 3.85. The second-order valence-corrected chi connectivity index (χ2v) is 3.71. The van der Waals surface area contributed by atoms with Gasteiger partial charge in [-0.05, 0) is 6.07 Å². The molecule has 0 aliphatic rings. The molecule has 1 amide bonds. The Labute approximate surface area is 98.0 Å². The number of nitrogens with two attached hydrogens (primary N) is 1. The van der Waals surface area contributed by atoms with Gasteiger partial charge >= 0.3 is 0 Å². The van der Waals surface area contributed by atoms with Gasteiger partial charge in [-0.1, -0.05) is 0 Å². The predicted octanol–water partition coefficient (Wildman–Crippen LogP) is -0.302. The summed E-state index contributed by atoms with van der Waals surface area (Å²) in [6.45, 7) is 0.504. The van der Waals surface area contributed by atoms with E-state index in [-0.39, 0.29) is 5.91 Å². The maximum atomic E-state index is 11.6. The Kier molecular flexibility index (Phi) is 3.08. The Morgan fingerprint density at radius 3 is 3.06 bits per heavy atom. The molecule has 2 aromatic rings. The summed E-state index contributed by atoms with van der Waals surface area (Å²) < 4.78 is 1.82. The lowest BCUT2D eigenvalue weighted by Crippen LogP contribution is -2.26. The first kappa shape index (κ1) is 11.2. The summed E-state index contributed by atoms with van der Waals surface area (Å²) in [5, 5.41) is 10.5. The molecule has 17 heavy (non-hydrogen) atoms. The van der Waals surface area contributed by atoms with Crippen molar-refractivity contribution >= 4 is 11.6 Å². The third kappa shape index (κ3) is 2.63. The van der Waals surface area contributed by atoms with Gasteiger partial charge in [0, 0.05) is 31.9 Å². The van der Waals surface area contributed by atoms with Crippen molar-refractivity contribution in [3.63, 3.8) is 0 Å². The summed E-state index contributed by atoms with van der Waals surface area (Å²) in [5.74, 6) is 0.653. The number of rotatable bonds is 4. The van der Waals surface area contributed by atoms with Gasteiger partial charge in [-0.15, -0.1) is 10.2 Å². The molecular weight excluding hydrogens is 220 g/mol. The van der Waals surface area contributed by atoms with Crippen LogP contribution in [0.5, 0.6) is 0 Å². The maximum absolute atomic E-state index is 11.6. The number of aromatic amines is 1. The highest BCUT2D eigenvalue weighted by Crippen LogP contribution is 2.03. The van der Waals surface area contributed by atoms with Crippen molar-refractivity contribution in [2.24, 2.45) is 7.05 Å². The number of nitrogens with zero attached hydrogens (tertiary/aromatic N) is 3. The molecule has 0 saturated carbocycles. The molecule has 4 N–H and O–H groups in total. The van der Waals surface area contributed by atoms with Crippen LogP contribution in [0.15, 0.2) is 18.6 Å². The molecule has 7 nitrogen and oxygen atoms in total. The Morgan fingerprint density at radius 2 is 2.47 bits per heavy atom. The molecule has 0 radical (unpaired) electrons. The van der Waals surface area contributed by atoms with Crippen molar-refractivity contribution in [1.82, 2.24) is 25.1 Å². The van der Waals surface area contributed by atoms with Gasteiger partial charge in [-0.25, -0.2) is 0 Å². The van der Waals surface area contributed by atoms with Crippen molar-refractivity contribution in [3.05, 3.63) is 30.1 Å². The molecule has 2 aromatic heterocycles. The van der Waals surface area contributed by atoms with E-state index in [1.165, 1.54) is 0 Å². The average molecular weight is 234 g/mol. The predicted molar refractivity (Wildman–Crippen MR) is 62.2 cm³/mol. The Hall–Kier alpha value is -2.31. The van der Waals surface area contributed by atoms with Crippen molar-refractivity contribution < 1.29 is 4.79 Å². The Balaban J connectivity index is 1.83. The van der Waals surface area contributed by atoms with Crippen LogP contribution in [0.25, 0.3) is 0 Å². The molecule has 7 heteroatoms. The van der Waals surface area contributed by atoms with Gasteiger partial charge < -0.3 is 20.6 Å². The molecule has 0 saturated heterocycles. The number of anilines is 1. The van der Waals surface area contributed by atoms with E-state index in [9.17, 15) is 4.79 Å². The summed E-state index contributed by atoms with van der Waals surface area (Å²) in [5.41, 5.74) is 6.51. The molecule has 0 fully saturated rings. The van der Waals surface area contributed by atoms with Crippen LogP contribution in [0.1, 0.15) is 16.3 Å². The van der Waals surface area contributed by atoms with Crippen LogP contribution < -0.4 is 11.1 Å². The van der Waals surface area contributed by atoms with Crippen LogP contribution in [-0.2, 0) is 13.5 Å². The van der Waals surface area contributed by atoms with Gasteiger partial charge in [0.15, 0.2) is 0 Å². The van der Waals surface area contributed by atoms with E-state index in [1.807, 2.05) is 11.6 Å². The third-order valence-corrected chi connectivity index (χ3v) is 2.39. The fourth-order valence-electron chi connectivity index (χ4n) is 1.46. The number of nitrogens with one attached hydrogen (secondary N) is 2. The van der Waals surface area contributed by atoms with Gasteiger partial charge in [0.2, 0.25) is 0 Å². The van der Waals surface area contributed by atoms with Crippen molar-refractivity contribution in [2.45, 2.75) is 6.42 Å². The van der Waals surface area contributed by atoms with Crippen LogP contribution in [0, 0.1) is 0 Å². The summed E-state index contributed by atoms with van der Waals surface area (Å²) >= 11 is 0. The van der Waals surface area contributed by atoms with E-state index in [4.69, 9.17) is 5.73 Å². The first-order valence-electron chi connectivity index (χ1n) is 5.22. The molecule has 0 aromatic carbocycles. The number of carbonyl (C=O) groups is 1. The largest absolute Gasteiger partial charge is 0.397 e. The number of hydrogen-bond donors (Lipinski definition) is 3. The summed E-state index contributed by atoms with van der Waals surface area (Å²) in [7, 11) is 1.86. The quantitative estimate of drug-likeness (QED) is 0.675. The zero-order chi connectivity index (χ0) is 12.3. The molecular formula is C10H14N6O. The Bertz CT molecular complexity index is 514. The molecule has 0 spiro atoms. The monoisotopic (exact) mass is 234 g/mol. The highest BCUT2D eigenvalue weighted by molar-refractivity contribution is 5.93. The van der Waals surface area contributed by atoms with Crippen LogP contribution >= 0.6 is 0 Å². The molecule has 0 unspecified atom stereocenters. The zero-order valence-electron chi connectivity index (χ0n) is 9.47. The fraction of sp³-hybridized carbons (Fsp3) is 0.300. The van der Waals surface area contributed by atoms with Crippen molar-refractivity contribution in [1.29, 1.82) is 0 Å². The number of amides is 1. The Morgan fingerprint density at radius 1 is 1.65 bits per heavy atom. The topological polar surface area (TPSA) is 102 Å². The van der Waals surface area contributed by atoms with Crippen LogP contribution in [-0.4, -0.2) is 32.2 Å². The minimum absolute atomic E-state index is 0.177. The zero-order valence-corrected chi connectivity index (χ0v) is 9.47. The molecule has 2 heterocycles. The van der Waals surface area contributed by atoms with E-state index in [1.54, 1.807) is 18.6 Å². The summed E-state index contributed by atoms with van der Waals surface area (Å²) in [4.78, 5) is 14.4. The number of H-pyrrole nitrogens is 1. The molecule has 0 aliphatic heterocycles. The first-order chi connectivity index (χ1) is 8.16. The van der Waals surface area contributed by atoms with E-state index in [0.29, 0.717) is 24.3 Å². The average Bonchev–Trinajstić information content (AvgIpc) is 2.88. The second kappa shape index (κ2) is 4.69. The van der Waals surface area contributed by atoms with Crippen LogP contribution in [0.2, 0.25) is 0 Å². The van der Waals surface area contributed by atoms with E-state index >= 15 is 0 Å². The van der Waals surface area contributed by atoms with E-state index < -0.39 is 0 Å². The lowest BCUT2D eigenvalue weighted by molar-refractivity contribution is 0.0949. The molecule has 0 bridgehead atoms. The number of aryl methyl sites for hydroxylation is 1. The van der Waals surface area contributed by atoms with Gasteiger partial charge in [-0.3, -0.25) is 4.79 Å².